The predicted octanol–water partition coefficient (Wildman–Crippen LogP) is 1.13. The van der Waals surface area contributed by atoms with Crippen LogP contribution >= 0.6 is 0 Å². The molecule has 0 aliphatic carbocycles. The third-order valence-electron chi connectivity index (χ3n) is 0.924. The molecule has 4 heteroatoms. The highest BCUT2D eigenvalue weighted by Crippen LogP contribution is 1.81. The van der Waals surface area contributed by atoms with E-state index in [9.17, 15) is 9.59 Å². The molecule has 0 bridgehead atoms. The largest absolute Gasteiger partial charge is 0.435 e. The van der Waals surface area contributed by atoms with Crippen molar-refractivity contribution in [2.75, 3.05) is 0 Å². The summed E-state index contributed by atoms with van der Waals surface area (Å²) in [6, 6.07) is 0. The van der Waals surface area contributed by atoms with Crippen LogP contribution in [0.25, 0.3) is 0 Å². The Morgan fingerprint density at radius 2 is 1.92 bits per heavy atom. The predicted molar refractivity (Wildman–Crippen MR) is 50.6 cm³/mol. The van der Waals surface area contributed by atoms with Crippen LogP contribution in [0, 0.1) is 0 Å². The van der Waals surface area contributed by atoms with Gasteiger partial charge in [-0.25, -0.2) is 0 Å². The van der Waals surface area contributed by atoms with E-state index in [1.807, 2.05) is 0 Å². The first-order valence-corrected chi connectivity index (χ1v) is 3.71. The van der Waals surface area contributed by atoms with Crippen LogP contribution in [0.5, 0.6) is 0 Å². The summed E-state index contributed by atoms with van der Waals surface area (Å²) in [5.74, 6) is -0.676. The van der Waals surface area contributed by atoms with Crippen LogP contribution in [0.4, 0.5) is 0 Å². The van der Waals surface area contributed by atoms with E-state index < -0.39 is 5.91 Å². The zero-order chi connectivity index (χ0) is 10.9. The number of hydrogen-bond acceptors (Lipinski definition) is 3. The molecule has 4 nitrogen and oxygen atoms in total. The smallest absolute Gasteiger partial charge is 0.310 e. The Kier molecular flexibility index (Phi) is 9.15. The fourth-order valence-electron chi connectivity index (χ4n) is 0.176. The van der Waals surface area contributed by atoms with Gasteiger partial charge < -0.3 is 10.5 Å². The number of carbonyl (C=O) groups excluding carboxylic acids is 2. The monoisotopic (exact) mass is 185 g/mol. The van der Waals surface area contributed by atoms with Crippen molar-refractivity contribution in [2.45, 2.75) is 20.3 Å². The van der Waals surface area contributed by atoms with E-state index in [-0.39, 0.29) is 5.97 Å². The Morgan fingerprint density at radius 3 is 2.00 bits per heavy atom. The average molecular weight is 185 g/mol. The van der Waals surface area contributed by atoms with Crippen molar-refractivity contribution in [1.82, 2.24) is 0 Å². The van der Waals surface area contributed by atoms with Gasteiger partial charge in [0, 0.05) is 12.0 Å². The van der Waals surface area contributed by atoms with Crippen molar-refractivity contribution in [2.24, 2.45) is 5.73 Å². The molecule has 0 fully saturated rings. The molecule has 0 radical (unpaired) electrons. The highest BCUT2D eigenvalue weighted by Gasteiger charge is 1.89. The maximum Gasteiger partial charge on any atom is 0.310 e. The normalized spacial score (nSPS) is 7.54. The summed E-state index contributed by atoms with van der Waals surface area (Å²) in [6.45, 7) is 9.79. The minimum absolute atomic E-state index is 0.241. The lowest BCUT2D eigenvalue weighted by Crippen LogP contribution is -2.10. The van der Waals surface area contributed by atoms with Crippen molar-refractivity contribution in [3.8, 4) is 0 Å². The Balaban J connectivity index is 0. The van der Waals surface area contributed by atoms with Crippen molar-refractivity contribution in [3.05, 3.63) is 25.0 Å². The number of nitrogens with two attached hydrogens (primary N) is 1. The number of ether oxygens (including phenoxy) is 1. The Bertz CT molecular complexity index is 197. The Morgan fingerprint density at radius 1 is 1.54 bits per heavy atom. The number of rotatable bonds is 3. The van der Waals surface area contributed by atoms with E-state index in [0.29, 0.717) is 12.0 Å². The standard InChI is InChI=1S/C5H8O2.C4H7NO/c1-3-5(6)7-4-2;1-3(2)4(5)6/h4H,2-3H2,1H3;1H2,2H3,(H2,5,6). The SMILES string of the molecule is C=C(C)C(N)=O.C=COC(=O)CC. The number of esters is 1. The van der Waals surface area contributed by atoms with E-state index >= 15 is 0 Å². The molecular formula is C9H15NO3. The van der Waals surface area contributed by atoms with E-state index in [0.717, 1.165) is 6.26 Å². The van der Waals surface area contributed by atoms with Crippen LogP contribution < -0.4 is 5.73 Å². The summed E-state index contributed by atoms with van der Waals surface area (Å²) in [4.78, 5) is 19.9. The summed E-state index contributed by atoms with van der Waals surface area (Å²) in [5, 5.41) is 0. The maximum absolute atomic E-state index is 10.1. The van der Waals surface area contributed by atoms with Gasteiger partial charge in [-0.1, -0.05) is 20.1 Å². The fraction of sp³-hybridized carbons (Fsp3) is 0.333. The molecule has 0 aromatic rings. The molecule has 0 aromatic carbocycles. The van der Waals surface area contributed by atoms with Gasteiger partial charge in [0.2, 0.25) is 5.91 Å². The van der Waals surface area contributed by atoms with Crippen molar-refractivity contribution in [1.29, 1.82) is 0 Å². The van der Waals surface area contributed by atoms with Gasteiger partial charge in [0.25, 0.3) is 0 Å². The maximum atomic E-state index is 10.1. The lowest BCUT2D eigenvalue weighted by atomic mass is 10.3. The first-order valence-electron chi connectivity index (χ1n) is 3.71. The summed E-state index contributed by atoms with van der Waals surface area (Å²) in [5.41, 5.74) is 5.09. The number of primary amides is 1. The van der Waals surface area contributed by atoms with E-state index in [2.05, 4.69) is 17.9 Å². The Hall–Kier alpha value is -1.58. The minimum atomic E-state index is -0.435. The molecule has 0 rings (SSSR count). The van der Waals surface area contributed by atoms with Crippen molar-refractivity contribution in [3.63, 3.8) is 0 Å². The van der Waals surface area contributed by atoms with E-state index in [4.69, 9.17) is 5.73 Å². The summed E-state index contributed by atoms with van der Waals surface area (Å²) >= 11 is 0. The second-order valence-corrected chi connectivity index (χ2v) is 2.15. The molecular weight excluding hydrogens is 170 g/mol. The van der Waals surface area contributed by atoms with Gasteiger partial charge in [-0.2, -0.15) is 0 Å². The molecule has 0 aromatic heterocycles. The van der Waals surface area contributed by atoms with E-state index in [1.165, 1.54) is 0 Å². The summed E-state index contributed by atoms with van der Waals surface area (Å²) in [7, 11) is 0. The highest BCUT2D eigenvalue weighted by molar-refractivity contribution is 5.90. The van der Waals surface area contributed by atoms with Gasteiger partial charge >= 0.3 is 5.97 Å². The molecule has 0 atom stereocenters. The third kappa shape index (κ3) is 13.4. The van der Waals surface area contributed by atoms with Gasteiger partial charge in [0.15, 0.2) is 0 Å². The quantitative estimate of drug-likeness (QED) is 0.407. The molecule has 0 unspecified atom stereocenters. The highest BCUT2D eigenvalue weighted by atomic mass is 16.5. The second kappa shape index (κ2) is 8.52. The van der Waals surface area contributed by atoms with Gasteiger partial charge in [0.1, 0.15) is 0 Å². The van der Waals surface area contributed by atoms with E-state index in [1.54, 1.807) is 13.8 Å². The zero-order valence-electron chi connectivity index (χ0n) is 8.00. The molecule has 13 heavy (non-hydrogen) atoms. The first-order chi connectivity index (χ1) is 5.95. The van der Waals surface area contributed by atoms with Crippen LogP contribution in [0.1, 0.15) is 20.3 Å². The van der Waals surface area contributed by atoms with Crippen molar-refractivity contribution >= 4 is 11.9 Å². The molecule has 0 saturated carbocycles. The van der Waals surface area contributed by atoms with Crippen LogP contribution in [0.15, 0.2) is 25.0 Å². The third-order valence-corrected chi connectivity index (χ3v) is 0.924. The lowest BCUT2D eigenvalue weighted by molar-refractivity contribution is -0.137. The molecule has 0 heterocycles. The minimum Gasteiger partial charge on any atom is -0.435 e. The number of carbonyl (C=O) groups is 2. The molecule has 0 aliphatic rings. The molecule has 74 valence electrons. The number of hydrogen-bond donors (Lipinski definition) is 1. The lowest BCUT2D eigenvalue weighted by Gasteiger charge is -1.88. The zero-order valence-corrected chi connectivity index (χ0v) is 8.00. The van der Waals surface area contributed by atoms with Gasteiger partial charge in [-0.3, -0.25) is 9.59 Å². The summed E-state index contributed by atoms with van der Waals surface area (Å²) < 4.78 is 4.32. The molecule has 0 saturated heterocycles. The molecule has 0 aliphatic heterocycles. The van der Waals surface area contributed by atoms with Crippen molar-refractivity contribution < 1.29 is 14.3 Å². The van der Waals surface area contributed by atoms with Crippen LogP contribution in [0.3, 0.4) is 0 Å². The first kappa shape index (κ1) is 14.0. The second-order valence-electron chi connectivity index (χ2n) is 2.15. The molecule has 2 N–H and O–H groups in total. The fourth-order valence-corrected chi connectivity index (χ4v) is 0.176. The van der Waals surface area contributed by atoms with Gasteiger partial charge in [-0.05, 0) is 6.92 Å². The van der Waals surface area contributed by atoms with Crippen LogP contribution in [-0.4, -0.2) is 11.9 Å². The average Bonchev–Trinajstić information content (AvgIpc) is 2.05. The van der Waals surface area contributed by atoms with Gasteiger partial charge in [-0.15, -0.1) is 0 Å². The van der Waals surface area contributed by atoms with Gasteiger partial charge in [0.05, 0.1) is 6.26 Å². The Labute approximate surface area is 78.1 Å². The molecule has 0 spiro atoms. The van der Waals surface area contributed by atoms with Crippen LogP contribution in [-0.2, 0) is 14.3 Å². The molecule has 1 amide bonds. The topological polar surface area (TPSA) is 69.4 Å². The van der Waals surface area contributed by atoms with Crippen LogP contribution in [0.2, 0.25) is 0 Å². The summed E-state index contributed by atoms with van der Waals surface area (Å²) in [6.07, 6.45) is 1.54. The number of amides is 1.